The Kier molecular flexibility index (Phi) is 4.70. The van der Waals surface area contributed by atoms with E-state index < -0.39 is 6.61 Å². The molecule has 2 heterocycles. The van der Waals surface area contributed by atoms with Gasteiger partial charge in [0.15, 0.2) is 0 Å². The Morgan fingerprint density at radius 1 is 1.09 bits per heavy atom. The Hall–Kier alpha value is -1.92. The second kappa shape index (κ2) is 6.89. The van der Waals surface area contributed by atoms with E-state index in [1.54, 1.807) is 24.5 Å². The summed E-state index contributed by atoms with van der Waals surface area (Å²) in [4.78, 5) is 2.21. The smallest absolute Gasteiger partial charge is 0.387 e. The quantitative estimate of drug-likeness (QED) is 0.921. The molecule has 6 heteroatoms. The van der Waals surface area contributed by atoms with E-state index in [0.717, 1.165) is 31.9 Å². The van der Waals surface area contributed by atoms with Gasteiger partial charge in [0.25, 0.3) is 0 Å². The molecule has 0 saturated carbocycles. The predicted molar refractivity (Wildman–Crippen MR) is 78.1 cm³/mol. The van der Waals surface area contributed by atoms with Crippen molar-refractivity contribution in [2.45, 2.75) is 12.7 Å². The van der Waals surface area contributed by atoms with Gasteiger partial charge in [0.05, 0.1) is 12.3 Å². The average molecular weight is 308 g/mol. The minimum Gasteiger partial charge on any atom is -0.467 e. The molecular formula is C16H18F2N2O2. The summed E-state index contributed by atoms with van der Waals surface area (Å²) in [5.41, 5.74) is 0.694. The predicted octanol–water partition coefficient (Wildman–Crippen LogP) is 2.88. The maximum atomic E-state index is 12.7. The summed E-state index contributed by atoms with van der Waals surface area (Å²) in [6.07, 6.45) is 1.60. The van der Waals surface area contributed by atoms with Gasteiger partial charge in [-0.05, 0) is 18.2 Å². The molecular weight excluding hydrogens is 290 g/mol. The van der Waals surface area contributed by atoms with Crippen LogP contribution in [0.1, 0.15) is 17.4 Å². The van der Waals surface area contributed by atoms with Crippen molar-refractivity contribution in [2.75, 3.05) is 26.2 Å². The second-order valence-electron chi connectivity index (χ2n) is 5.12. The Balaban J connectivity index is 1.98. The fourth-order valence-electron chi connectivity index (χ4n) is 2.83. The van der Waals surface area contributed by atoms with Crippen LogP contribution in [0.2, 0.25) is 0 Å². The summed E-state index contributed by atoms with van der Waals surface area (Å²) >= 11 is 0. The molecule has 1 aliphatic rings. The fourth-order valence-corrected chi connectivity index (χ4v) is 2.83. The number of rotatable bonds is 5. The van der Waals surface area contributed by atoms with E-state index in [2.05, 4.69) is 10.2 Å². The summed E-state index contributed by atoms with van der Waals surface area (Å²) in [7, 11) is 0. The van der Waals surface area contributed by atoms with Gasteiger partial charge in [-0.15, -0.1) is 0 Å². The molecule has 0 unspecified atom stereocenters. The molecule has 22 heavy (non-hydrogen) atoms. The van der Waals surface area contributed by atoms with Gasteiger partial charge in [-0.25, -0.2) is 0 Å². The molecule has 3 rings (SSSR count). The van der Waals surface area contributed by atoms with E-state index >= 15 is 0 Å². The van der Waals surface area contributed by atoms with Crippen molar-refractivity contribution in [1.29, 1.82) is 0 Å². The summed E-state index contributed by atoms with van der Waals surface area (Å²) < 4.78 is 35.6. The van der Waals surface area contributed by atoms with Crippen molar-refractivity contribution >= 4 is 0 Å². The monoisotopic (exact) mass is 308 g/mol. The third-order valence-corrected chi connectivity index (χ3v) is 3.76. The summed E-state index contributed by atoms with van der Waals surface area (Å²) in [6.45, 7) is 0.494. The number of hydrogen-bond acceptors (Lipinski definition) is 4. The first-order valence-corrected chi connectivity index (χ1v) is 7.27. The van der Waals surface area contributed by atoms with E-state index in [1.807, 2.05) is 18.2 Å². The summed E-state index contributed by atoms with van der Waals surface area (Å²) in [5, 5.41) is 3.29. The molecule has 1 saturated heterocycles. The van der Waals surface area contributed by atoms with Gasteiger partial charge in [-0.2, -0.15) is 8.78 Å². The normalized spacial score (nSPS) is 17.6. The molecule has 0 spiro atoms. The lowest BCUT2D eigenvalue weighted by Gasteiger charge is -2.34. The van der Waals surface area contributed by atoms with Crippen LogP contribution in [-0.2, 0) is 0 Å². The van der Waals surface area contributed by atoms with Gasteiger partial charge in [0, 0.05) is 31.7 Å². The van der Waals surface area contributed by atoms with Gasteiger partial charge in [-0.3, -0.25) is 4.90 Å². The Labute approximate surface area is 127 Å². The van der Waals surface area contributed by atoms with Gasteiger partial charge in [-0.1, -0.05) is 18.2 Å². The van der Waals surface area contributed by atoms with Crippen molar-refractivity contribution in [3.8, 4) is 5.75 Å². The van der Waals surface area contributed by atoms with E-state index in [9.17, 15) is 8.78 Å². The molecule has 0 amide bonds. The topological polar surface area (TPSA) is 37.6 Å². The fraction of sp³-hybridized carbons (Fsp3) is 0.375. The van der Waals surface area contributed by atoms with Crippen LogP contribution in [0, 0.1) is 0 Å². The molecule has 1 aromatic carbocycles. The highest BCUT2D eigenvalue weighted by Crippen LogP contribution is 2.35. The molecule has 0 aliphatic carbocycles. The van der Waals surface area contributed by atoms with Crippen molar-refractivity contribution in [3.63, 3.8) is 0 Å². The Bertz CT molecular complexity index is 584. The third-order valence-electron chi connectivity index (χ3n) is 3.76. The standard InChI is InChI=1S/C16H18F2N2O2/c17-16(18)22-13-5-2-1-4-12(13)15(14-6-3-11-21-14)20-9-7-19-8-10-20/h1-6,11,15-16,19H,7-10H2/t15-/m1/s1. The number of benzene rings is 1. The summed E-state index contributed by atoms with van der Waals surface area (Å²) in [6, 6.07) is 10.3. The minimum atomic E-state index is -2.85. The highest BCUT2D eigenvalue weighted by molar-refractivity contribution is 5.39. The van der Waals surface area contributed by atoms with Gasteiger partial charge >= 0.3 is 6.61 Å². The van der Waals surface area contributed by atoms with Crippen LogP contribution >= 0.6 is 0 Å². The zero-order valence-electron chi connectivity index (χ0n) is 12.0. The molecule has 1 aromatic heterocycles. The number of hydrogen-bond donors (Lipinski definition) is 1. The third kappa shape index (κ3) is 3.28. The van der Waals surface area contributed by atoms with E-state index in [-0.39, 0.29) is 11.8 Å². The molecule has 0 radical (unpaired) electrons. The maximum Gasteiger partial charge on any atom is 0.387 e. The zero-order chi connectivity index (χ0) is 15.4. The van der Waals surface area contributed by atoms with Crippen LogP contribution < -0.4 is 10.1 Å². The van der Waals surface area contributed by atoms with Crippen molar-refractivity contribution in [2.24, 2.45) is 0 Å². The molecule has 118 valence electrons. The SMILES string of the molecule is FC(F)Oc1ccccc1[C@H](c1ccco1)N1CCNCC1. The maximum absolute atomic E-state index is 12.7. The van der Waals surface area contributed by atoms with Gasteiger partial charge in [0.2, 0.25) is 0 Å². The van der Waals surface area contributed by atoms with Crippen LogP contribution in [0.15, 0.2) is 47.1 Å². The molecule has 1 fully saturated rings. The van der Waals surface area contributed by atoms with Crippen LogP contribution in [0.3, 0.4) is 0 Å². The lowest BCUT2D eigenvalue weighted by Crippen LogP contribution is -2.45. The molecule has 1 N–H and O–H groups in total. The molecule has 1 aliphatic heterocycles. The number of ether oxygens (including phenoxy) is 1. The number of furan rings is 1. The lowest BCUT2D eigenvalue weighted by molar-refractivity contribution is -0.0511. The van der Waals surface area contributed by atoms with Crippen molar-refractivity contribution in [3.05, 3.63) is 54.0 Å². The van der Waals surface area contributed by atoms with Gasteiger partial charge in [0.1, 0.15) is 11.5 Å². The number of nitrogens with zero attached hydrogens (tertiary/aromatic N) is 1. The largest absolute Gasteiger partial charge is 0.467 e. The second-order valence-corrected chi connectivity index (χ2v) is 5.12. The average Bonchev–Trinajstić information content (AvgIpc) is 3.04. The molecule has 2 aromatic rings. The van der Waals surface area contributed by atoms with Crippen molar-refractivity contribution < 1.29 is 17.9 Å². The van der Waals surface area contributed by atoms with Crippen LogP contribution in [-0.4, -0.2) is 37.7 Å². The molecule has 1 atom stereocenters. The number of nitrogens with one attached hydrogen (secondary N) is 1. The van der Waals surface area contributed by atoms with Crippen molar-refractivity contribution in [1.82, 2.24) is 10.2 Å². The van der Waals surface area contributed by atoms with Crippen LogP contribution in [0.25, 0.3) is 0 Å². The number of alkyl halides is 2. The first-order chi connectivity index (χ1) is 10.8. The summed E-state index contributed by atoms with van der Waals surface area (Å²) in [5.74, 6) is 0.921. The van der Waals surface area contributed by atoms with Crippen LogP contribution in [0.5, 0.6) is 5.75 Å². The zero-order valence-corrected chi connectivity index (χ0v) is 12.0. The van der Waals surface area contributed by atoms with E-state index in [1.165, 1.54) is 0 Å². The minimum absolute atomic E-state index is 0.192. The highest BCUT2D eigenvalue weighted by atomic mass is 19.3. The molecule has 0 bridgehead atoms. The highest BCUT2D eigenvalue weighted by Gasteiger charge is 2.29. The Morgan fingerprint density at radius 2 is 1.86 bits per heavy atom. The number of para-hydroxylation sites is 1. The number of halogens is 2. The first kappa shape index (κ1) is 15.0. The molecule has 4 nitrogen and oxygen atoms in total. The van der Waals surface area contributed by atoms with Crippen LogP contribution in [0.4, 0.5) is 8.78 Å². The van der Waals surface area contributed by atoms with E-state index in [4.69, 9.17) is 9.15 Å². The van der Waals surface area contributed by atoms with E-state index in [0.29, 0.717) is 5.56 Å². The first-order valence-electron chi connectivity index (χ1n) is 7.27. The number of piperazine rings is 1. The lowest BCUT2D eigenvalue weighted by atomic mass is 10.0. The van der Waals surface area contributed by atoms with Gasteiger partial charge < -0.3 is 14.5 Å². The Morgan fingerprint density at radius 3 is 2.55 bits per heavy atom.